The van der Waals surface area contributed by atoms with Gasteiger partial charge in [0.25, 0.3) is 0 Å². The van der Waals surface area contributed by atoms with Crippen molar-refractivity contribution in [3.63, 3.8) is 0 Å². The van der Waals surface area contributed by atoms with E-state index in [1.54, 1.807) is 25.1 Å². The second-order valence-corrected chi connectivity index (χ2v) is 5.58. The molecule has 1 unspecified atom stereocenters. The molecule has 0 aliphatic carbocycles. The van der Waals surface area contributed by atoms with Crippen LogP contribution in [0.25, 0.3) is 5.69 Å². The molecule has 1 aromatic carbocycles. The molecule has 1 atom stereocenters. The number of aliphatic hydroxyl groups is 1. The zero-order valence-corrected chi connectivity index (χ0v) is 13.1. The van der Waals surface area contributed by atoms with E-state index >= 15 is 0 Å². The number of rotatable bonds is 7. The monoisotopic (exact) mass is 301 g/mol. The van der Waals surface area contributed by atoms with Crippen molar-refractivity contribution >= 4 is 5.91 Å². The topological polar surface area (TPSA) is 58.4 Å². The highest BCUT2D eigenvalue weighted by atomic mass is 16.3. The maximum absolute atomic E-state index is 12.0. The molecule has 118 valence electrons. The SMILES string of the molecule is CC(O)CCN(C)C(=O)CCc1cnn(-c2ccccc2)c1. The summed E-state index contributed by atoms with van der Waals surface area (Å²) in [4.78, 5) is 13.7. The molecule has 2 aromatic rings. The fourth-order valence-electron chi connectivity index (χ4n) is 2.16. The van der Waals surface area contributed by atoms with Crippen molar-refractivity contribution in [2.75, 3.05) is 13.6 Å². The summed E-state index contributed by atoms with van der Waals surface area (Å²) in [7, 11) is 1.78. The predicted molar refractivity (Wildman–Crippen MR) is 85.8 cm³/mol. The van der Waals surface area contributed by atoms with Crippen molar-refractivity contribution in [1.82, 2.24) is 14.7 Å². The van der Waals surface area contributed by atoms with Crippen LogP contribution in [0.1, 0.15) is 25.3 Å². The molecule has 0 fully saturated rings. The van der Waals surface area contributed by atoms with Crippen LogP contribution < -0.4 is 0 Å². The van der Waals surface area contributed by atoms with Gasteiger partial charge in [-0.1, -0.05) is 18.2 Å². The summed E-state index contributed by atoms with van der Waals surface area (Å²) in [5.41, 5.74) is 2.05. The largest absolute Gasteiger partial charge is 0.393 e. The lowest BCUT2D eigenvalue weighted by Gasteiger charge is -2.17. The lowest BCUT2D eigenvalue weighted by Crippen LogP contribution is -2.29. The van der Waals surface area contributed by atoms with E-state index in [9.17, 15) is 9.90 Å². The Morgan fingerprint density at radius 3 is 2.77 bits per heavy atom. The number of benzene rings is 1. The number of para-hydroxylation sites is 1. The summed E-state index contributed by atoms with van der Waals surface area (Å²) in [5.74, 6) is 0.0908. The third kappa shape index (κ3) is 4.70. The van der Waals surface area contributed by atoms with E-state index in [-0.39, 0.29) is 12.0 Å². The summed E-state index contributed by atoms with van der Waals surface area (Å²) < 4.78 is 1.82. The molecule has 1 aromatic heterocycles. The van der Waals surface area contributed by atoms with Crippen LogP contribution in [0.15, 0.2) is 42.7 Å². The Balaban J connectivity index is 1.85. The number of carbonyl (C=O) groups is 1. The molecular formula is C17H23N3O2. The van der Waals surface area contributed by atoms with E-state index < -0.39 is 0 Å². The highest BCUT2D eigenvalue weighted by Gasteiger charge is 2.10. The van der Waals surface area contributed by atoms with E-state index in [1.165, 1.54) is 0 Å². The Hall–Kier alpha value is -2.14. The molecule has 0 spiro atoms. The molecule has 0 aliphatic rings. The molecule has 0 bridgehead atoms. The average molecular weight is 301 g/mol. The molecule has 0 radical (unpaired) electrons. The van der Waals surface area contributed by atoms with Crippen LogP contribution in [0.3, 0.4) is 0 Å². The number of carbonyl (C=O) groups excluding carboxylic acids is 1. The third-order valence-corrected chi connectivity index (χ3v) is 3.59. The maximum Gasteiger partial charge on any atom is 0.222 e. The van der Waals surface area contributed by atoms with Gasteiger partial charge in [0.05, 0.1) is 18.0 Å². The normalized spacial score (nSPS) is 12.1. The van der Waals surface area contributed by atoms with Gasteiger partial charge in [0, 0.05) is 26.2 Å². The van der Waals surface area contributed by atoms with Gasteiger partial charge >= 0.3 is 0 Å². The van der Waals surface area contributed by atoms with E-state index in [4.69, 9.17) is 0 Å². The third-order valence-electron chi connectivity index (χ3n) is 3.59. The molecule has 1 heterocycles. The van der Waals surface area contributed by atoms with Gasteiger partial charge in [-0.3, -0.25) is 4.79 Å². The smallest absolute Gasteiger partial charge is 0.222 e. The summed E-state index contributed by atoms with van der Waals surface area (Å²) in [5, 5.41) is 13.6. The number of hydrogen-bond donors (Lipinski definition) is 1. The van der Waals surface area contributed by atoms with Crippen molar-refractivity contribution in [2.24, 2.45) is 0 Å². The van der Waals surface area contributed by atoms with Gasteiger partial charge in [0.15, 0.2) is 0 Å². The predicted octanol–water partition coefficient (Wildman–Crippen LogP) is 2.03. The van der Waals surface area contributed by atoms with E-state index in [1.807, 2.05) is 41.2 Å². The molecule has 0 saturated carbocycles. The van der Waals surface area contributed by atoms with Crippen LogP contribution in [0.2, 0.25) is 0 Å². The fraction of sp³-hybridized carbons (Fsp3) is 0.412. The first-order chi connectivity index (χ1) is 10.6. The van der Waals surface area contributed by atoms with Crippen LogP contribution in [0, 0.1) is 0 Å². The Labute approximate surface area is 131 Å². The Bertz CT molecular complexity index is 593. The van der Waals surface area contributed by atoms with E-state index in [0.717, 1.165) is 11.3 Å². The first kappa shape index (κ1) is 16.2. The van der Waals surface area contributed by atoms with Gasteiger partial charge < -0.3 is 10.0 Å². The van der Waals surface area contributed by atoms with Gasteiger partial charge in [-0.05, 0) is 37.5 Å². The molecule has 22 heavy (non-hydrogen) atoms. The number of aryl methyl sites for hydroxylation is 1. The molecule has 2 rings (SSSR count). The van der Waals surface area contributed by atoms with Gasteiger partial charge in [0.1, 0.15) is 0 Å². The summed E-state index contributed by atoms with van der Waals surface area (Å²) >= 11 is 0. The Morgan fingerprint density at radius 2 is 2.09 bits per heavy atom. The van der Waals surface area contributed by atoms with Crippen LogP contribution in [0.4, 0.5) is 0 Å². The molecule has 0 saturated heterocycles. The molecule has 5 heteroatoms. The Kier molecular flexibility index (Phi) is 5.72. The standard InChI is InChI=1S/C17H23N3O2/c1-14(21)10-11-19(2)17(22)9-8-15-12-18-20(13-15)16-6-4-3-5-7-16/h3-7,12-14,21H,8-11H2,1-2H3. The first-order valence-electron chi connectivity index (χ1n) is 7.57. The molecule has 1 N–H and O–H groups in total. The fourth-order valence-corrected chi connectivity index (χ4v) is 2.16. The van der Waals surface area contributed by atoms with Crippen LogP contribution >= 0.6 is 0 Å². The van der Waals surface area contributed by atoms with Crippen LogP contribution in [0.5, 0.6) is 0 Å². The highest BCUT2D eigenvalue weighted by molar-refractivity contribution is 5.76. The lowest BCUT2D eigenvalue weighted by atomic mass is 10.2. The second kappa shape index (κ2) is 7.75. The van der Waals surface area contributed by atoms with Crippen LogP contribution in [-0.4, -0.2) is 45.4 Å². The molecule has 1 amide bonds. The minimum Gasteiger partial charge on any atom is -0.393 e. The van der Waals surface area contributed by atoms with Crippen molar-refractivity contribution in [2.45, 2.75) is 32.3 Å². The summed E-state index contributed by atoms with van der Waals surface area (Å²) in [6, 6.07) is 9.89. The Morgan fingerprint density at radius 1 is 1.36 bits per heavy atom. The zero-order chi connectivity index (χ0) is 15.9. The minimum atomic E-state index is -0.376. The van der Waals surface area contributed by atoms with Gasteiger partial charge in [-0.25, -0.2) is 4.68 Å². The van der Waals surface area contributed by atoms with Gasteiger partial charge in [-0.2, -0.15) is 5.10 Å². The van der Waals surface area contributed by atoms with Gasteiger partial charge in [-0.15, -0.1) is 0 Å². The summed E-state index contributed by atoms with van der Waals surface area (Å²) in [6.45, 7) is 2.32. The molecule has 0 aliphatic heterocycles. The lowest BCUT2D eigenvalue weighted by molar-refractivity contribution is -0.130. The maximum atomic E-state index is 12.0. The number of amides is 1. The number of aliphatic hydroxyl groups excluding tert-OH is 1. The number of hydrogen-bond acceptors (Lipinski definition) is 3. The zero-order valence-electron chi connectivity index (χ0n) is 13.1. The molecular weight excluding hydrogens is 278 g/mol. The van der Waals surface area contributed by atoms with Crippen molar-refractivity contribution in [3.05, 3.63) is 48.3 Å². The number of nitrogens with zero attached hydrogens (tertiary/aromatic N) is 3. The quantitative estimate of drug-likeness (QED) is 0.851. The highest BCUT2D eigenvalue weighted by Crippen LogP contribution is 2.10. The first-order valence-corrected chi connectivity index (χ1v) is 7.57. The molecule has 5 nitrogen and oxygen atoms in total. The van der Waals surface area contributed by atoms with Crippen molar-refractivity contribution in [3.8, 4) is 5.69 Å². The minimum absolute atomic E-state index is 0.0908. The van der Waals surface area contributed by atoms with E-state index in [2.05, 4.69) is 5.10 Å². The van der Waals surface area contributed by atoms with E-state index in [0.29, 0.717) is 25.8 Å². The summed E-state index contributed by atoms with van der Waals surface area (Å²) in [6.07, 6.45) is 5.11. The number of aromatic nitrogens is 2. The van der Waals surface area contributed by atoms with Crippen LogP contribution in [-0.2, 0) is 11.2 Å². The average Bonchev–Trinajstić information content (AvgIpc) is 3.00. The second-order valence-electron chi connectivity index (χ2n) is 5.58. The van der Waals surface area contributed by atoms with Gasteiger partial charge in [0.2, 0.25) is 5.91 Å². The van der Waals surface area contributed by atoms with Crippen molar-refractivity contribution in [1.29, 1.82) is 0 Å². The van der Waals surface area contributed by atoms with Crippen molar-refractivity contribution < 1.29 is 9.90 Å².